The van der Waals surface area contributed by atoms with Crippen molar-refractivity contribution in [1.82, 2.24) is 0 Å². The van der Waals surface area contributed by atoms with Gasteiger partial charge in [-0.15, -0.1) is 0 Å². The Morgan fingerprint density at radius 3 is 2.26 bits per heavy atom. The minimum Gasteiger partial charge on any atom is -0.438 e. The van der Waals surface area contributed by atoms with Gasteiger partial charge in [-0.1, -0.05) is 0 Å². The monoisotopic (exact) mass is 326 g/mol. The third kappa shape index (κ3) is 1.47. The van der Waals surface area contributed by atoms with Crippen LogP contribution in [0.15, 0.2) is 0 Å². The zero-order valence-corrected chi connectivity index (χ0v) is 13.4. The van der Waals surface area contributed by atoms with Crippen LogP contribution in [0.3, 0.4) is 0 Å². The molecule has 4 fully saturated rings. The number of methoxy groups -OCH3 is 2. The summed E-state index contributed by atoms with van der Waals surface area (Å²) in [5.41, 5.74) is -2.80. The second kappa shape index (κ2) is 4.46. The van der Waals surface area contributed by atoms with Crippen molar-refractivity contribution in [3.8, 4) is 0 Å². The summed E-state index contributed by atoms with van der Waals surface area (Å²) in [4.78, 5) is 25.0. The highest BCUT2D eigenvalue weighted by atomic mass is 16.7. The molecule has 0 aromatic rings. The van der Waals surface area contributed by atoms with Gasteiger partial charge in [0, 0.05) is 19.6 Å². The number of aliphatic hydroxyl groups is 1. The molecule has 4 saturated carbocycles. The van der Waals surface area contributed by atoms with Gasteiger partial charge in [-0.3, -0.25) is 9.59 Å². The van der Waals surface area contributed by atoms with E-state index in [1.54, 1.807) is 0 Å². The van der Waals surface area contributed by atoms with E-state index in [0.717, 1.165) is 0 Å². The fourth-order valence-electron chi connectivity index (χ4n) is 6.44. The van der Waals surface area contributed by atoms with Crippen LogP contribution < -0.4 is 0 Å². The van der Waals surface area contributed by atoms with Crippen molar-refractivity contribution in [3.63, 3.8) is 0 Å². The molecule has 0 aliphatic heterocycles. The molecule has 0 amide bonds. The molecule has 4 rings (SSSR count). The van der Waals surface area contributed by atoms with Gasteiger partial charge in [-0.25, -0.2) is 0 Å². The third-order valence-electron chi connectivity index (χ3n) is 6.90. The number of rotatable bonds is 6. The second-order valence-electron chi connectivity index (χ2n) is 7.68. The first-order valence-corrected chi connectivity index (χ1v) is 7.94. The van der Waals surface area contributed by atoms with Crippen LogP contribution in [0.4, 0.5) is 0 Å². The van der Waals surface area contributed by atoms with E-state index in [0.29, 0.717) is 32.1 Å². The summed E-state index contributed by atoms with van der Waals surface area (Å²) in [7, 11) is 2.93. The highest BCUT2D eigenvalue weighted by Gasteiger charge is 2.93. The van der Waals surface area contributed by atoms with Crippen LogP contribution in [0.5, 0.6) is 0 Å². The minimum absolute atomic E-state index is 0.0826. The van der Waals surface area contributed by atoms with Crippen molar-refractivity contribution in [1.29, 1.82) is 0 Å². The van der Waals surface area contributed by atoms with Crippen molar-refractivity contribution >= 4 is 11.9 Å². The van der Waals surface area contributed by atoms with Gasteiger partial charge in [-0.2, -0.15) is 0 Å². The number of carbonyl (C=O) groups excluding carboxylic acids is 2. The number of hydrogen-bond donors (Lipinski definition) is 1. The first-order valence-electron chi connectivity index (χ1n) is 7.94. The summed E-state index contributed by atoms with van der Waals surface area (Å²) >= 11 is 0. The lowest BCUT2D eigenvalue weighted by Gasteiger charge is -2.75. The highest BCUT2D eigenvalue weighted by molar-refractivity contribution is 5.87. The molecule has 5 atom stereocenters. The summed E-state index contributed by atoms with van der Waals surface area (Å²) < 4.78 is 20.0. The average molecular weight is 326 g/mol. The van der Waals surface area contributed by atoms with E-state index >= 15 is 0 Å². The topological polar surface area (TPSA) is 91.3 Å². The molecule has 7 nitrogen and oxygen atoms in total. The zero-order valence-electron chi connectivity index (χ0n) is 13.4. The van der Waals surface area contributed by atoms with Gasteiger partial charge in [0.2, 0.25) is 0 Å². The molecular weight excluding hydrogens is 304 g/mol. The molecule has 128 valence electrons. The van der Waals surface area contributed by atoms with Crippen LogP contribution in [0.2, 0.25) is 0 Å². The molecule has 2 bridgehead atoms. The SMILES string of the molecule is COCOC(=O)C12CC3CC4(C(=O)OCOC)CC(O)(C1)C34C2. The molecule has 0 radical (unpaired) electrons. The van der Waals surface area contributed by atoms with E-state index in [9.17, 15) is 14.7 Å². The summed E-state index contributed by atoms with van der Waals surface area (Å²) in [5.74, 6) is -0.437. The molecule has 5 unspecified atom stereocenters. The van der Waals surface area contributed by atoms with E-state index in [2.05, 4.69) is 0 Å². The summed E-state index contributed by atoms with van der Waals surface area (Å²) in [5, 5.41) is 11.0. The Bertz CT molecular complexity index is 559. The van der Waals surface area contributed by atoms with Crippen molar-refractivity contribution in [2.45, 2.75) is 37.7 Å². The number of fused-ring (bicyclic) bond motifs is 1. The van der Waals surface area contributed by atoms with Crippen molar-refractivity contribution < 1.29 is 33.6 Å². The summed E-state index contributed by atoms with van der Waals surface area (Å²) in [6.45, 7) is -0.168. The molecule has 0 heterocycles. The Kier molecular flexibility index (Phi) is 2.98. The molecule has 0 saturated heterocycles. The Balaban J connectivity index is 1.59. The fraction of sp³-hybridized carbons (Fsp3) is 0.875. The molecule has 7 heteroatoms. The summed E-state index contributed by atoms with van der Waals surface area (Å²) in [6, 6.07) is 0. The lowest BCUT2D eigenvalue weighted by molar-refractivity contribution is -0.339. The van der Waals surface area contributed by atoms with Gasteiger partial charge < -0.3 is 24.1 Å². The van der Waals surface area contributed by atoms with Gasteiger partial charge in [0.15, 0.2) is 13.6 Å². The van der Waals surface area contributed by atoms with E-state index in [1.165, 1.54) is 14.2 Å². The lowest BCUT2D eigenvalue weighted by atomic mass is 9.28. The second-order valence-corrected chi connectivity index (χ2v) is 7.68. The highest BCUT2D eigenvalue weighted by Crippen LogP contribution is 2.91. The average Bonchev–Trinajstić information content (AvgIpc) is 2.95. The van der Waals surface area contributed by atoms with Crippen LogP contribution in [0.1, 0.15) is 32.1 Å². The van der Waals surface area contributed by atoms with Crippen LogP contribution >= 0.6 is 0 Å². The van der Waals surface area contributed by atoms with E-state index in [-0.39, 0.29) is 31.4 Å². The molecule has 4 aliphatic carbocycles. The maximum Gasteiger partial charge on any atom is 0.314 e. The van der Waals surface area contributed by atoms with E-state index < -0.39 is 21.8 Å². The number of esters is 2. The van der Waals surface area contributed by atoms with Gasteiger partial charge in [0.05, 0.1) is 16.4 Å². The van der Waals surface area contributed by atoms with Crippen molar-refractivity contribution in [2.75, 3.05) is 27.8 Å². The Hall–Kier alpha value is -1.18. The van der Waals surface area contributed by atoms with Crippen LogP contribution in [0, 0.1) is 22.2 Å². The standard InChI is InChI=1S/C16H22O7/c1-20-8-22-11(17)13-3-10-4-14(12(18)23-9-21-2)7-15(19,5-13)16(10,14)6-13/h10,19H,3-9H2,1-2H3. The summed E-state index contributed by atoms with van der Waals surface area (Å²) in [6.07, 6.45) is 2.61. The van der Waals surface area contributed by atoms with E-state index in [4.69, 9.17) is 18.9 Å². The fourth-order valence-corrected chi connectivity index (χ4v) is 6.44. The molecule has 1 N–H and O–H groups in total. The maximum atomic E-state index is 12.5. The molecular formula is C16H22O7. The molecule has 0 aromatic heterocycles. The van der Waals surface area contributed by atoms with Crippen molar-refractivity contribution in [2.24, 2.45) is 22.2 Å². The van der Waals surface area contributed by atoms with Crippen LogP contribution in [-0.2, 0) is 28.5 Å². The van der Waals surface area contributed by atoms with Crippen LogP contribution in [-0.4, -0.2) is 50.5 Å². The van der Waals surface area contributed by atoms with Gasteiger partial charge in [0.25, 0.3) is 0 Å². The number of hydrogen-bond acceptors (Lipinski definition) is 7. The number of ether oxygens (including phenoxy) is 4. The zero-order chi connectivity index (χ0) is 16.5. The molecule has 23 heavy (non-hydrogen) atoms. The smallest absolute Gasteiger partial charge is 0.314 e. The Morgan fingerprint density at radius 2 is 1.65 bits per heavy atom. The largest absolute Gasteiger partial charge is 0.438 e. The van der Waals surface area contributed by atoms with Gasteiger partial charge >= 0.3 is 11.9 Å². The van der Waals surface area contributed by atoms with Gasteiger partial charge in [0.1, 0.15) is 0 Å². The molecule has 1 spiro atoms. The minimum atomic E-state index is -0.952. The predicted molar refractivity (Wildman–Crippen MR) is 74.8 cm³/mol. The Morgan fingerprint density at radius 1 is 1.00 bits per heavy atom. The molecule has 0 aromatic carbocycles. The Labute approximate surface area is 134 Å². The van der Waals surface area contributed by atoms with Crippen LogP contribution in [0.25, 0.3) is 0 Å². The van der Waals surface area contributed by atoms with E-state index in [1.807, 2.05) is 0 Å². The molecule has 4 aliphatic rings. The predicted octanol–water partition coefficient (Wildman–Crippen LogP) is 0.592. The lowest BCUT2D eigenvalue weighted by Crippen LogP contribution is -2.80. The van der Waals surface area contributed by atoms with Crippen molar-refractivity contribution in [3.05, 3.63) is 0 Å². The first kappa shape index (κ1) is 15.4. The third-order valence-corrected chi connectivity index (χ3v) is 6.90. The normalized spacial score (nSPS) is 48.2. The maximum absolute atomic E-state index is 12.5. The van der Waals surface area contributed by atoms with Gasteiger partial charge in [-0.05, 0) is 38.0 Å². The first-order chi connectivity index (χ1) is 10.9. The number of carbonyl (C=O) groups is 2. The quantitative estimate of drug-likeness (QED) is 0.564.